The van der Waals surface area contributed by atoms with E-state index in [1.165, 1.54) is 22.6 Å². The van der Waals surface area contributed by atoms with Crippen molar-refractivity contribution >= 4 is 10.0 Å². The molecule has 0 radical (unpaired) electrons. The molecule has 0 amide bonds. The second-order valence-corrected chi connectivity index (χ2v) is 10.7. The molecule has 2 aromatic rings. The molecule has 0 aliphatic carbocycles. The van der Waals surface area contributed by atoms with Crippen molar-refractivity contribution in [2.45, 2.75) is 62.0 Å². The Bertz CT molecular complexity index is 481. The lowest BCUT2D eigenvalue weighted by atomic mass is 10.3. The number of hydrogen-bond acceptors (Lipinski definition) is 0. The van der Waals surface area contributed by atoms with Gasteiger partial charge in [-0.2, -0.15) is 10.0 Å². The molecule has 0 bridgehead atoms. The molecule has 0 heterocycles. The number of rotatable bonds is 3. The van der Waals surface area contributed by atoms with E-state index in [-0.39, 0.29) is 4.75 Å². The molecule has 0 spiro atoms. The van der Waals surface area contributed by atoms with Crippen molar-refractivity contribution in [2.75, 3.05) is 6.26 Å². The summed E-state index contributed by atoms with van der Waals surface area (Å²) in [7, 11) is -1.01. The van der Waals surface area contributed by atoms with E-state index in [9.17, 15) is 0 Å². The van der Waals surface area contributed by atoms with Crippen LogP contribution in [0.15, 0.2) is 70.5 Å². The number of unbranched alkanes of at least 4 members (excludes halogenated alkanes) is 1. The molecule has 2 rings (SSSR count). The van der Waals surface area contributed by atoms with Crippen molar-refractivity contribution < 1.29 is 0 Å². The molecule has 0 aromatic heterocycles. The summed E-state index contributed by atoms with van der Waals surface area (Å²) < 4.78 is 0.246. The summed E-state index contributed by atoms with van der Waals surface area (Å²) in [6, 6.07) is 21.9. The maximum atomic E-state index is 2.43. The van der Waals surface area contributed by atoms with Gasteiger partial charge in [-0.05, 0) is 45.1 Å². The summed E-state index contributed by atoms with van der Waals surface area (Å²) in [4.78, 5) is 2.92. The molecular weight excluding hydrogens is 284 g/mol. The van der Waals surface area contributed by atoms with Gasteiger partial charge in [-0.3, -0.25) is 0 Å². The van der Waals surface area contributed by atoms with Crippen molar-refractivity contribution in [3.63, 3.8) is 0 Å². The van der Waals surface area contributed by atoms with Gasteiger partial charge in [-0.1, -0.05) is 83.9 Å². The fraction of sp³-hybridized carbons (Fsp3) is 0.429. The Labute approximate surface area is 139 Å². The lowest BCUT2D eigenvalue weighted by Crippen LogP contribution is -2.24. The van der Waals surface area contributed by atoms with Gasteiger partial charge in [-0.15, -0.1) is 0 Å². The van der Waals surface area contributed by atoms with Crippen molar-refractivity contribution in [1.29, 1.82) is 0 Å². The van der Waals surface area contributed by atoms with Crippen molar-refractivity contribution in [1.82, 2.24) is 0 Å². The fourth-order valence-electron chi connectivity index (χ4n) is 2.23. The highest BCUT2D eigenvalue weighted by Crippen LogP contribution is 2.67. The maximum Gasteiger partial charge on any atom is -0.000784 e. The average molecular weight is 317 g/mol. The van der Waals surface area contributed by atoms with E-state index in [1.807, 2.05) is 0 Å². The summed E-state index contributed by atoms with van der Waals surface area (Å²) in [6.07, 6.45) is 5.07. The predicted molar refractivity (Wildman–Crippen MR) is 103 cm³/mol. The van der Waals surface area contributed by atoms with Gasteiger partial charge in [0.2, 0.25) is 0 Å². The maximum absolute atomic E-state index is 2.43. The van der Waals surface area contributed by atoms with Crippen molar-refractivity contribution in [3.8, 4) is 0 Å². The van der Waals surface area contributed by atoms with Gasteiger partial charge in [0.25, 0.3) is 0 Å². The summed E-state index contributed by atoms with van der Waals surface area (Å²) in [5, 5.41) is 0. The zero-order valence-corrected chi connectivity index (χ0v) is 15.9. The highest BCUT2D eigenvalue weighted by molar-refractivity contribution is 8.34. The summed E-state index contributed by atoms with van der Waals surface area (Å²) >= 11 is 0. The molecule has 122 valence electrons. The zero-order chi connectivity index (χ0) is 16.6. The molecular formula is C21H32S. The minimum Gasteiger partial charge on any atom is -0.186 e. The molecule has 0 fully saturated rings. The van der Waals surface area contributed by atoms with E-state index < -0.39 is 10.0 Å². The minimum absolute atomic E-state index is 0.246. The second-order valence-electron chi connectivity index (χ2n) is 6.66. The Morgan fingerprint density at radius 2 is 1.00 bits per heavy atom. The van der Waals surface area contributed by atoms with Crippen LogP contribution in [-0.4, -0.2) is 11.0 Å². The van der Waals surface area contributed by atoms with Crippen LogP contribution in [0.5, 0.6) is 0 Å². The van der Waals surface area contributed by atoms with Gasteiger partial charge >= 0.3 is 0 Å². The number of hydrogen-bond donors (Lipinski definition) is 0. The average Bonchev–Trinajstić information content (AvgIpc) is 2.55. The first-order valence-electron chi connectivity index (χ1n) is 8.26. The van der Waals surface area contributed by atoms with E-state index in [0.29, 0.717) is 0 Å². The Morgan fingerprint density at radius 3 is 1.23 bits per heavy atom. The van der Waals surface area contributed by atoms with Gasteiger partial charge in [0, 0.05) is 0 Å². The van der Waals surface area contributed by atoms with Crippen LogP contribution in [0.3, 0.4) is 0 Å². The standard InChI is InChI=1S/C17H22S.C4H10/c1-17(2,3)18(4,15-11-7-5-8-12-15)16-13-9-6-10-14-16;1-3-4-2/h5-14H,1-4H3;3-4H2,1-2H3. The zero-order valence-electron chi connectivity index (χ0n) is 15.1. The van der Waals surface area contributed by atoms with E-state index in [2.05, 4.69) is 102 Å². The third-order valence-corrected chi connectivity index (χ3v) is 9.03. The monoisotopic (exact) mass is 316 g/mol. The van der Waals surface area contributed by atoms with Gasteiger partial charge in [0.1, 0.15) is 0 Å². The highest BCUT2D eigenvalue weighted by atomic mass is 32.3. The van der Waals surface area contributed by atoms with Crippen molar-refractivity contribution in [3.05, 3.63) is 60.7 Å². The van der Waals surface area contributed by atoms with Crippen molar-refractivity contribution in [2.24, 2.45) is 0 Å². The van der Waals surface area contributed by atoms with E-state index in [0.717, 1.165) is 0 Å². The van der Waals surface area contributed by atoms with Crippen LogP contribution in [0.1, 0.15) is 47.5 Å². The first-order chi connectivity index (χ1) is 10.4. The molecule has 0 N–H and O–H groups in total. The molecule has 2 aromatic carbocycles. The van der Waals surface area contributed by atoms with E-state index >= 15 is 0 Å². The molecule has 1 heteroatoms. The Hall–Kier alpha value is -1.21. The van der Waals surface area contributed by atoms with Gasteiger partial charge in [0.05, 0.1) is 0 Å². The van der Waals surface area contributed by atoms with Gasteiger partial charge in [0.15, 0.2) is 0 Å². The Balaban J connectivity index is 0.000000541. The third-order valence-electron chi connectivity index (χ3n) is 4.15. The first kappa shape index (κ1) is 18.8. The van der Waals surface area contributed by atoms with Crippen LogP contribution in [0.25, 0.3) is 0 Å². The Morgan fingerprint density at radius 1 is 0.682 bits per heavy atom. The van der Waals surface area contributed by atoms with Crippen LogP contribution in [0.2, 0.25) is 0 Å². The van der Waals surface area contributed by atoms with Gasteiger partial charge in [-0.25, -0.2) is 0 Å². The van der Waals surface area contributed by atoms with Crippen LogP contribution in [0, 0.1) is 0 Å². The largest absolute Gasteiger partial charge is 0.186 e. The molecule has 0 nitrogen and oxygen atoms in total. The summed E-state index contributed by atoms with van der Waals surface area (Å²) in [5.41, 5.74) is 0. The van der Waals surface area contributed by atoms with Crippen LogP contribution in [-0.2, 0) is 0 Å². The first-order valence-corrected chi connectivity index (χ1v) is 10.3. The fourth-order valence-corrected chi connectivity index (χ4v) is 5.32. The van der Waals surface area contributed by atoms with Crippen LogP contribution >= 0.6 is 10.0 Å². The second kappa shape index (κ2) is 8.43. The summed E-state index contributed by atoms with van der Waals surface area (Å²) in [5.74, 6) is 0. The predicted octanol–water partition coefficient (Wildman–Crippen LogP) is 7.14. The quantitative estimate of drug-likeness (QED) is 0.564. The highest BCUT2D eigenvalue weighted by Gasteiger charge is 2.35. The lowest BCUT2D eigenvalue weighted by Gasteiger charge is -2.48. The number of benzene rings is 2. The molecule has 0 saturated heterocycles. The lowest BCUT2D eigenvalue weighted by molar-refractivity contribution is 0.781. The third kappa shape index (κ3) is 4.39. The minimum atomic E-state index is -1.01. The topological polar surface area (TPSA) is 0 Å². The SMILES string of the molecule is CC(C)(C)S(C)(c1ccccc1)c1ccccc1.CCCC. The van der Waals surface area contributed by atoms with E-state index in [1.54, 1.807) is 0 Å². The normalized spacial score (nSPS) is 12.3. The summed E-state index contributed by atoms with van der Waals surface area (Å²) in [6.45, 7) is 11.4. The molecule has 0 aliphatic rings. The molecule has 0 unspecified atom stereocenters. The van der Waals surface area contributed by atoms with Crippen LogP contribution in [0.4, 0.5) is 0 Å². The van der Waals surface area contributed by atoms with Crippen LogP contribution < -0.4 is 0 Å². The molecule has 0 saturated carbocycles. The van der Waals surface area contributed by atoms with E-state index in [4.69, 9.17) is 0 Å². The molecule has 22 heavy (non-hydrogen) atoms. The molecule has 0 aliphatic heterocycles. The smallest absolute Gasteiger partial charge is 0.000784 e. The van der Waals surface area contributed by atoms with Gasteiger partial charge < -0.3 is 0 Å². The Kier molecular flexibility index (Phi) is 7.22. The molecule has 0 atom stereocenters.